The van der Waals surface area contributed by atoms with Gasteiger partial charge in [-0.3, -0.25) is 0 Å². The maximum Gasteiger partial charge on any atom is 0.263 e. The maximum absolute atomic E-state index is 12.5. The molecule has 1 aliphatic rings. The van der Waals surface area contributed by atoms with Gasteiger partial charge in [0.05, 0.1) is 6.33 Å². The fourth-order valence-corrected chi connectivity index (χ4v) is 4.09. The Labute approximate surface area is 113 Å². The molecule has 0 aromatic carbocycles. The van der Waals surface area contributed by atoms with Crippen molar-refractivity contribution in [3.8, 4) is 0 Å². The third kappa shape index (κ3) is 2.55. The van der Waals surface area contributed by atoms with Crippen LogP contribution in [-0.4, -0.2) is 34.9 Å². The van der Waals surface area contributed by atoms with E-state index < -0.39 is 10.0 Å². The number of imidazole rings is 1. The Hall–Kier alpha value is -0.590. The molecule has 1 aromatic heterocycles. The van der Waals surface area contributed by atoms with Gasteiger partial charge in [-0.15, -0.1) is 0 Å². The van der Waals surface area contributed by atoms with Gasteiger partial charge in [-0.1, -0.05) is 25.4 Å². The summed E-state index contributed by atoms with van der Waals surface area (Å²) in [7, 11) is -1.89. The molecule has 1 heterocycles. The normalized spacial score (nSPS) is 16.8. The Bertz CT molecular complexity index is 534. The van der Waals surface area contributed by atoms with E-state index in [1.807, 2.05) is 13.8 Å². The number of nitrogens with zero attached hydrogens (tertiary/aromatic N) is 3. The summed E-state index contributed by atoms with van der Waals surface area (Å²) in [6, 6.07) is 0.121. The highest BCUT2D eigenvalue weighted by Gasteiger charge is 2.40. The van der Waals surface area contributed by atoms with Gasteiger partial charge in [0.25, 0.3) is 10.0 Å². The Morgan fingerprint density at radius 1 is 1.56 bits per heavy atom. The van der Waals surface area contributed by atoms with Gasteiger partial charge < -0.3 is 4.57 Å². The molecule has 0 atom stereocenters. The van der Waals surface area contributed by atoms with Gasteiger partial charge >= 0.3 is 0 Å². The van der Waals surface area contributed by atoms with E-state index in [1.54, 1.807) is 11.4 Å². The van der Waals surface area contributed by atoms with Gasteiger partial charge in [0.2, 0.25) is 5.03 Å². The molecule has 0 spiro atoms. The molecule has 5 nitrogen and oxygen atoms in total. The first-order chi connectivity index (χ1) is 8.34. The van der Waals surface area contributed by atoms with Gasteiger partial charge in [0, 0.05) is 19.6 Å². The van der Waals surface area contributed by atoms with E-state index in [-0.39, 0.29) is 22.1 Å². The number of hydrogen-bond donors (Lipinski definition) is 0. The molecule has 0 saturated heterocycles. The molecule has 7 heteroatoms. The van der Waals surface area contributed by atoms with Crippen molar-refractivity contribution >= 4 is 21.6 Å². The van der Waals surface area contributed by atoms with E-state index in [9.17, 15) is 8.42 Å². The van der Waals surface area contributed by atoms with Crippen LogP contribution < -0.4 is 0 Å². The summed E-state index contributed by atoms with van der Waals surface area (Å²) in [4.78, 5) is 3.93. The summed E-state index contributed by atoms with van der Waals surface area (Å²) in [5.41, 5.74) is 0. The van der Waals surface area contributed by atoms with Crippen molar-refractivity contribution in [2.24, 2.45) is 13.0 Å². The molecule has 1 fully saturated rings. The average molecular weight is 292 g/mol. The molecule has 0 unspecified atom stereocenters. The summed E-state index contributed by atoms with van der Waals surface area (Å²) < 4.78 is 28.2. The minimum atomic E-state index is -3.57. The largest absolute Gasteiger partial charge is 0.324 e. The van der Waals surface area contributed by atoms with Crippen molar-refractivity contribution in [1.29, 1.82) is 0 Å². The monoisotopic (exact) mass is 291 g/mol. The first kappa shape index (κ1) is 13.8. The Balaban J connectivity index is 2.36. The Morgan fingerprint density at radius 3 is 2.56 bits per heavy atom. The molecule has 2 rings (SSSR count). The van der Waals surface area contributed by atoms with Crippen LogP contribution in [0.15, 0.2) is 11.4 Å². The summed E-state index contributed by atoms with van der Waals surface area (Å²) in [6.07, 6.45) is 3.28. The highest BCUT2D eigenvalue weighted by molar-refractivity contribution is 7.89. The van der Waals surface area contributed by atoms with Crippen LogP contribution >= 0.6 is 11.6 Å². The molecule has 1 aliphatic carbocycles. The summed E-state index contributed by atoms with van der Waals surface area (Å²) in [5, 5.41) is 0.142. The Kier molecular flexibility index (Phi) is 3.71. The van der Waals surface area contributed by atoms with Gasteiger partial charge in [-0.2, -0.15) is 4.31 Å². The van der Waals surface area contributed by atoms with Crippen LogP contribution in [0.4, 0.5) is 0 Å². The van der Waals surface area contributed by atoms with Crippen LogP contribution in [0.3, 0.4) is 0 Å². The fraction of sp³-hybridized carbons (Fsp3) is 0.727. The zero-order chi connectivity index (χ0) is 13.5. The topological polar surface area (TPSA) is 55.2 Å². The lowest BCUT2D eigenvalue weighted by Crippen LogP contribution is -2.36. The molecule has 102 valence electrons. The fourth-order valence-electron chi connectivity index (χ4n) is 1.84. The number of aromatic nitrogens is 2. The lowest BCUT2D eigenvalue weighted by molar-refractivity contribution is 0.359. The zero-order valence-electron chi connectivity index (χ0n) is 10.8. The molecule has 1 saturated carbocycles. The Morgan fingerprint density at radius 2 is 2.17 bits per heavy atom. The smallest absolute Gasteiger partial charge is 0.263 e. The van der Waals surface area contributed by atoms with Crippen molar-refractivity contribution in [2.45, 2.75) is 37.8 Å². The minimum Gasteiger partial charge on any atom is -0.324 e. The van der Waals surface area contributed by atoms with Gasteiger partial charge in [-0.05, 0) is 18.8 Å². The van der Waals surface area contributed by atoms with Crippen LogP contribution in [0, 0.1) is 5.92 Å². The number of hydrogen-bond acceptors (Lipinski definition) is 3. The minimum absolute atomic E-state index is 0.0285. The van der Waals surface area contributed by atoms with Crippen molar-refractivity contribution in [1.82, 2.24) is 13.9 Å². The van der Waals surface area contributed by atoms with Crippen molar-refractivity contribution in [2.75, 3.05) is 6.54 Å². The second-order valence-electron chi connectivity index (χ2n) is 5.15. The van der Waals surface area contributed by atoms with Gasteiger partial charge in [0.1, 0.15) is 5.15 Å². The SMILES string of the molecule is CC(C)CN(C1CC1)S(=O)(=O)c1ncn(C)c1Cl. The molecular formula is C11H18ClN3O2S. The third-order valence-electron chi connectivity index (χ3n) is 2.89. The van der Waals surface area contributed by atoms with E-state index in [2.05, 4.69) is 4.98 Å². The maximum atomic E-state index is 12.5. The van der Waals surface area contributed by atoms with Crippen LogP contribution in [0.5, 0.6) is 0 Å². The van der Waals surface area contributed by atoms with Crippen molar-refractivity contribution in [3.05, 3.63) is 11.5 Å². The standard InChI is InChI=1S/C11H18ClN3O2S/c1-8(2)6-15(9-4-5-9)18(16,17)11-10(12)14(3)7-13-11/h7-9H,4-6H2,1-3H3. The third-order valence-corrected chi connectivity index (χ3v) is 5.30. The van der Waals surface area contributed by atoms with E-state index >= 15 is 0 Å². The van der Waals surface area contributed by atoms with E-state index in [0.29, 0.717) is 6.54 Å². The average Bonchev–Trinajstić information content (AvgIpc) is 3.03. The van der Waals surface area contributed by atoms with Gasteiger partial charge in [-0.25, -0.2) is 13.4 Å². The first-order valence-electron chi connectivity index (χ1n) is 6.02. The molecule has 0 radical (unpaired) electrons. The molecule has 0 aliphatic heterocycles. The van der Waals surface area contributed by atoms with E-state index in [0.717, 1.165) is 12.8 Å². The number of aryl methyl sites for hydroxylation is 1. The number of rotatable bonds is 5. The first-order valence-corrected chi connectivity index (χ1v) is 7.84. The number of halogens is 1. The van der Waals surface area contributed by atoms with E-state index in [1.165, 1.54) is 10.9 Å². The second-order valence-corrected chi connectivity index (χ2v) is 7.32. The van der Waals surface area contributed by atoms with Crippen LogP contribution in [0.1, 0.15) is 26.7 Å². The van der Waals surface area contributed by atoms with E-state index in [4.69, 9.17) is 11.6 Å². The highest BCUT2D eigenvalue weighted by atomic mass is 35.5. The zero-order valence-corrected chi connectivity index (χ0v) is 12.4. The quantitative estimate of drug-likeness (QED) is 0.832. The predicted octanol–water partition coefficient (Wildman–Crippen LogP) is 1.88. The lowest BCUT2D eigenvalue weighted by atomic mass is 10.2. The van der Waals surface area contributed by atoms with Crippen LogP contribution in [0.2, 0.25) is 5.15 Å². The van der Waals surface area contributed by atoms with Crippen LogP contribution in [-0.2, 0) is 17.1 Å². The van der Waals surface area contributed by atoms with Gasteiger partial charge in [0.15, 0.2) is 0 Å². The highest BCUT2D eigenvalue weighted by Crippen LogP contribution is 2.34. The van der Waals surface area contributed by atoms with Crippen LogP contribution in [0.25, 0.3) is 0 Å². The molecule has 0 bridgehead atoms. The molecule has 18 heavy (non-hydrogen) atoms. The second kappa shape index (κ2) is 4.83. The summed E-state index contributed by atoms with van der Waals surface area (Å²) in [5.74, 6) is 0.280. The predicted molar refractivity (Wildman–Crippen MR) is 70.0 cm³/mol. The van der Waals surface area contributed by atoms with Crippen molar-refractivity contribution in [3.63, 3.8) is 0 Å². The molecule has 1 aromatic rings. The summed E-state index contributed by atoms with van der Waals surface area (Å²) >= 11 is 5.99. The van der Waals surface area contributed by atoms with Crippen molar-refractivity contribution < 1.29 is 8.42 Å². The number of sulfonamides is 1. The lowest BCUT2D eigenvalue weighted by Gasteiger charge is -2.22. The molecule has 0 N–H and O–H groups in total. The molecular weight excluding hydrogens is 274 g/mol. The summed E-state index contributed by atoms with van der Waals surface area (Å²) in [6.45, 7) is 4.52. The molecule has 0 amide bonds.